The van der Waals surface area contributed by atoms with Gasteiger partial charge in [0.05, 0.1) is 0 Å². The molecule has 104 valence electrons. The van der Waals surface area contributed by atoms with Crippen molar-refractivity contribution in [3.63, 3.8) is 0 Å². The van der Waals surface area contributed by atoms with Gasteiger partial charge in [-0.05, 0) is 49.9 Å². The molecule has 2 nitrogen and oxygen atoms in total. The molecule has 3 rings (SSSR count). The highest BCUT2D eigenvalue weighted by atomic mass is 79.9. The molecule has 0 saturated carbocycles. The van der Waals surface area contributed by atoms with Crippen LogP contribution in [0.5, 0.6) is 0 Å². The van der Waals surface area contributed by atoms with E-state index >= 15 is 0 Å². The molecule has 2 unspecified atom stereocenters. The molecule has 0 aliphatic carbocycles. The first-order valence-electron chi connectivity index (χ1n) is 6.88. The van der Waals surface area contributed by atoms with Crippen molar-refractivity contribution in [2.75, 3.05) is 19.6 Å². The summed E-state index contributed by atoms with van der Waals surface area (Å²) in [6, 6.07) is 4.99. The van der Waals surface area contributed by atoms with Crippen LogP contribution in [0.25, 0.3) is 0 Å². The summed E-state index contributed by atoms with van der Waals surface area (Å²) >= 11 is 3.47. The maximum atomic E-state index is 13.1. The highest BCUT2D eigenvalue weighted by molar-refractivity contribution is 9.10. The van der Waals surface area contributed by atoms with Crippen LogP contribution in [0.3, 0.4) is 0 Å². The molecule has 2 heterocycles. The number of hydrogen-bond donors (Lipinski definition) is 1. The average molecular weight is 327 g/mol. The van der Waals surface area contributed by atoms with Crippen LogP contribution in [0.1, 0.15) is 19.4 Å². The van der Waals surface area contributed by atoms with Gasteiger partial charge in [-0.1, -0.05) is 22.0 Å². The topological polar surface area (TPSA) is 15.3 Å². The van der Waals surface area contributed by atoms with Gasteiger partial charge in [-0.15, -0.1) is 0 Å². The van der Waals surface area contributed by atoms with Crippen LogP contribution in [0.15, 0.2) is 22.7 Å². The Bertz CT molecular complexity index is 489. The molecule has 2 aliphatic rings. The van der Waals surface area contributed by atoms with Crippen molar-refractivity contribution in [2.45, 2.75) is 25.9 Å². The fourth-order valence-electron chi connectivity index (χ4n) is 3.63. The summed E-state index contributed by atoms with van der Waals surface area (Å²) in [4.78, 5) is 2.54. The monoisotopic (exact) mass is 326 g/mol. The predicted octanol–water partition coefficient (Wildman–Crippen LogP) is 3.02. The Morgan fingerprint density at radius 1 is 1.42 bits per heavy atom. The van der Waals surface area contributed by atoms with E-state index in [-0.39, 0.29) is 11.4 Å². The van der Waals surface area contributed by atoms with Crippen molar-refractivity contribution < 1.29 is 4.39 Å². The summed E-state index contributed by atoms with van der Waals surface area (Å²) < 4.78 is 14.0. The van der Waals surface area contributed by atoms with E-state index < -0.39 is 0 Å². The van der Waals surface area contributed by atoms with Crippen molar-refractivity contribution in [3.8, 4) is 0 Å². The number of nitrogens with zero attached hydrogens (tertiary/aromatic N) is 1. The molecular formula is C15H20BrFN2. The number of nitrogens with one attached hydrogen (secondary N) is 1. The Labute approximate surface area is 122 Å². The van der Waals surface area contributed by atoms with E-state index in [1.165, 1.54) is 5.56 Å². The number of halogens is 2. The summed E-state index contributed by atoms with van der Waals surface area (Å²) in [7, 11) is 0. The summed E-state index contributed by atoms with van der Waals surface area (Å²) in [5.74, 6) is 1.30. The third-order valence-electron chi connectivity index (χ3n) is 4.89. The van der Waals surface area contributed by atoms with Gasteiger partial charge in [0.25, 0.3) is 0 Å². The van der Waals surface area contributed by atoms with E-state index in [2.05, 4.69) is 40.0 Å². The van der Waals surface area contributed by atoms with Gasteiger partial charge in [0.15, 0.2) is 0 Å². The maximum absolute atomic E-state index is 13.1. The molecule has 2 fully saturated rings. The highest BCUT2D eigenvalue weighted by Gasteiger charge is 2.49. The molecule has 2 aliphatic heterocycles. The number of fused-ring (bicyclic) bond motifs is 1. The molecule has 0 bridgehead atoms. The maximum Gasteiger partial charge on any atom is 0.124 e. The second-order valence-electron chi connectivity index (χ2n) is 6.29. The Kier molecular flexibility index (Phi) is 3.44. The highest BCUT2D eigenvalue weighted by Crippen LogP contribution is 2.41. The molecular weight excluding hydrogens is 307 g/mol. The van der Waals surface area contributed by atoms with Gasteiger partial charge in [-0.3, -0.25) is 4.90 Å². The molecule has 0 aromatic heterocycles. The average Bonchev–Trinajstić information content (AvgIpc) is 2.87. The predicted molar refractivity (Wildman–Crippen MR) is 78.4 cm³/mol. The lowest BCUT2D eigenvalue weighted by Gasteiger charge is -2.36. The third-order valence-corrected chi connectivity index (χ3v) is 5.63. The summed E-state index contributed by atoms with van der Waals surface area (Å²) in [5.41, 5.74) is 1.38. The van der Waals surface area contributed by atoms with Gasteiger partial charge < -0.3 is 5.32 Å². The molecule has 2 saturated heterocycles. The molecule has 1 aromatic carbocycles. The molecule has 0 spiro atoms. The fraction of sp³-hybridized carbons (Fsp3) is 0.600. The molecule has 1 N–H and O–H groups in total. The lowest BCUT2D eigenvalue weighted by atomic mass is 9.85. The first-order chi connectivity index (χ1) is 8.98. The van der Waals surface area contributed by atoms with E-state index in [0.717, 1.165) is 42.5 Å². The van der Waals surface area contributed by atoms with Crippen LogP contribution in [-0.2, 0) is 6.54 Å². The Balaban J connectivity index is 1.80. The minimum Gasteiger partial charge on any atom is -0.316 e. The Morgan fingerprint density at radius 2 is 2.21 bits per heavy atom. The molecule has 4 heteroatoms. The molecule has 19 heavy (non-hydrogen) atoms. The molecule has 1 aromatic rings. The van der Waals surface area contributed by atoms with E-state index in [9.17, 15) is 4.39 Å². The smallest absolute Gasteiger partial charge is 0.124 e. The standard InChI is InChI=1S/C15H20BrFN2/c1-15(2)13-7-18-6-11(13)9-19(15)8-10-3-4-12(17)5-14(10)16/h3-5,11,13,18H,6-9H2,1-2H3. The summed E-state index contributed by atoms with van der Waals surface area (Å²) in [6.45, 7) is 8.95. The van der Waals surface area contributed by atoms with Crippen LogP contribution in [0, 0.1) is 17.7 Å². The van der Waals surface area contributed by atoms with Gasteiger partial charge in [0.1, 0.15) is 5.82 Å². The van der Waals surface area contributed by atoms with Crippen LogP contribution in [0.2, 0.25) is 0 Å². The number of benzene rings is 1. The summed E-state index contributed by atoms with van der Waals surface area (Å²) in [5, 5.41) is 3.50. The number of rotatable bonds is 2. The van der Waals surface area contributed by atoms with Gasteiger partial charge in [-0.25, -0.2) is 4.39 Å². The van der Waals surface area contributed by atoms with Crippen LogP contribution >= 0.6 is 15.9 Å². The first-order valence-corrected chi connectivity index (χ1v) is 7.67. The zero-order chi connectivity index (χ0) is 13.6. The van der Waals surface area contributed by atoms with Gasteiger partial charge >= 0.3 is 0 Å². The van der Waals surface area contributed by atoms with Crippen molar-refractivity contribution in [2.24, 2.45) is 11.8 Å². The zero-order valence-electron chi connectivity index (χ0n) is 11.4. The number of likely N-dealkylation sites (tertiary alicyclic amines) is 1. The van der Waals surface area contributed by atoms with E-state index in [1.54, 1.807) is 12.1 Å². The van der Waals surface area contributed by atoms with E-state index in [1.807, 2.05) is 6.07 Å². The van der Waals surface area contributed by atoms with Crippen molar-refractivity contribution in [3.05, 3.63) is 34.1 Å². The Morgan fingerprint density at radius 3 is 2.89 bits per heavy atom. The largest absolute Gasteiger partial charge is 0.316 e. The molecule has 0 radical (unpaired) electrons. The fourth-order valence-corrected chi connectivity index (χ4v) is 4.10. The zero-order valence-corrected chi connectivity index (χ0v) is 13.0. The minimum atomic E-state index is -0.183. The summed E-state index contributed by atoms with van der Waals surface area (Å²) in [6.07, 6.45) is 0. The lowest BCUT2D eigenvalue weighted by molar-refractivity contribution is 0.131. The third kappa shape index (κ3) is 2.34. The van der Waals surface area contributed by atoms with Gasteiger partial charge in [-0.2, -0.15) is 0 Å². The van der Waals surface area contributed by atoms with Crippen molar-refractivity contribution >= 4 is 15.9 Å². The van der Waals surface area contributed by atoms with Gasteiger partial charge in [0, 0.05) is 29.6 Å². The van der Waals surface area contributed by atoms with Crippen LogP contribution < -0.4 is 5.32 Å². The molecule has 0 amide bonds. The SMILES string of the molecule is CC1(C)C2CNCC2CN1Cc1ccc(F)cc1Br. The molecule has 2 atom stereocenters. The second-order valence-corrected chi connectivity index (χ2v) is 7.15. The second kappa shape index (κ2) is 4.83. The van der Waals surface area contributed by atoms with E-state index in [0.29, 0.717) is 0 Å². The quantitative estimate of drug-likeness (QED) is 0.898. The lowest BCUT2D eigenvalue weighted by Crippen LogP contribution is -2.43. The minimum absolute atomic E-state index is 0.183. The van der Waals surface area contributed by atoms with Crippen LogP contribution in [0.4, 0.5) is 4.39 Å². The Hall–Kier alpha value is -0.450. The number of hydrogen-bond acceptors (Lipinski definition) is 2. The van der Waals surface area contributed by atoms with Crippen molar-refractivity contribution in [1.82, 2.24) is 10.2 Å². The first kappa shape index (κ1) is 13.5. The van der Waals surface area contributed by atoms with E-state index in [4.69, 9.17) is 0 Å². The van der Waals surface area contributed by atoms with Crippen molar-refractivity contribution in [1.29, 1.82) is 0 Å². The van der Waals surface area contributed by atoms with Crippen LogP contribution in [-0.4, -0.2) is 30.1 Å². The van der Waals surface area contributed by atoms with Gasteiger partial charge in [0.2, 0.25) is 0 Å². The normalized spacial score (nSPS) is 29.7.